The highest BCUT2D eigenvalue weighted by molar-refractivity contribution is 5.74. The van der Waals surface area contributed by atoms with Crippen molar-refractivity contribution in [2.45, 2.75) is 19.9 Å². The van der Waals surface area contributed by atoms with Gasteiger partial charge in [-0.05, 0) is 37.1 Å². The maximum absolute atomic E-state index is 14.3. The summed E-state index contributed by atoms with van der Waals surface area (Å²) in [7, 11) is 1.59. The van der Waals surface area contributed by atoms with Gasteiger partial charge in [-0.15, -0.1) is 0 Å². The minimum atomic E-state index is -0.407. The molecule has 0 saturated heterocycles. The number of amides is 2. The Bertz CT molecular complexity index is 686. The second kappa shape index (κ2) is 7.23. The predicted octanol–water partition coefficient (Wildman–Crippen LogP) is 2.01. The molecule has 6 nitrogen and oxygen atoms in total. The van der Waals surface area contributed by atoms with E-state index in [2.05, 4.69) is 10.4 Å². The van der Waals surface area contributed by atoms with Crippen molar-refractivity contribution in [3.63, 3.8) is 0 Å². The van der Waals surface area contributed by atoms with Crippen molar-refractivity contribution < 1.29 is 14.3 Å². The van der Waals surface area contributed by atoms with E-state index >= 15 is 0 Å². The first kappa shape index (κ1) is 17.0. The van der Waals surface area contributed by atoms with Crippen LogP contribution in [0.2, 0.25) is 0 Å². The van der Waals surface area contributed by atoms with Gasteiger partial charge in [0.1, 0.15) is 11.5 Å². The van der Waals surface area contributed by atoms with Gasteiger partial charge in [-0.25, -0.2) is 13.9 Å². The number of rotatable bonds is 5. The van der Waals surface area contributed by atoms with E-state index < -0.39 is 5.82 Å². The normalized spacial score (nSPS) is 12.0. The maximum atomic E-state index is 14.3. The summed E-state index contributed by atoms with van der Waals surface area (Å²) in [6.45, 7) is 3.79. The number of urea groups is 1. The molecular formula is C16H21FN4O2. The molecule has 0 radical (unpaired) electrons. The van der Waals surface area contributed by atoms with Crippen LogP contribution in [0.4, 0.5) is 9.18 Å². The fraction of sp³-hybridized carbons (Fsp3) is 0.375. The summed E-state index contributed by atoms with van der Waals surface area (Å²) in [6, 6.07) is 4.11. The van der Waals surface area contributed by atoms with E-state index in [1.54, 1.807) is 38.5 Å². The highest BCUT2D eigenvalue weighted by Crippen LogP contribution is 2.19. The number of halogens is 1. The summed E-state index contributed by atoms with van der Waals surface area (Å²) in [5.74, 6) is -0.407. The van der Waals surface area contributed by atoms with Crippen LogP contribution in [0, 0.1) is 12.7 Å². The molecule has 7 heteroatoms. The van der Waals surface area contributed by atoms with Crippen molar-refractivity contribution in [3.05, 3.63) is 47.5 Å². The summed E-state index contributed by atoms with van der Waals surface area (Å²) in [5.41, 5.74) is 1.96. The number of aromatic nitrogens is 2. The Morgan fingerprint density at radius 3 is 2.83 bits per heavy atom. The maximum Gasteiger partial charge on any atom is 0.317 e. The van der Waals surface area contributed by atoms with Crippen LogP contribution in [-0.4, -0.2) is 46.0 Å². The summed E-state index contributed by atoms with van der Waals surface area (Å²) in [4.78, 5) is 13.3. The molecule has 2 amide bonds. The molecule has 2 aromatic rings. The van der Waals surface area contributed by atoms with Crippen LogP contribution in [0.25, 0.3) is 5.69 Å². The number of nitrogens with one attached hydrogen (secondary N) is 1. The topological polar surface area (TPSA) is 70.4 Å². The molecule has 0 fully saturated rings. The zero-order valence-corrected chi connectivity index (χ0v) is 13.5. The molecule has 0 aliphatic carbocycles. The van der Waals surface area contributed by atoms with E-state index in [4.69, 9.17) is 5.11 Å². The van der Waals surface area contributed by atoms with Gasteiger partial charge in [-0.1, -0.05) is 6.07 Å². The first-order valence-electron chi connectivity index (χ1n) is 7.36. The van der Waals surface area contributed by atoms with Crippen molar-refractivity contribution in [2.24, 2.45) is 0 Å². The van der Waals surface area contributed by atoms with Gasteiger partial charge in [0.15, 0.2) is 0 Å². The third-order valence-corrected chi connectivity index (χ3v) is 3.55. The molecule has 0 bridgehead atoms. The number of aliphatic hydroxyl groups is 1. The van der Waals surface area contributed by atoms with Gasteiger partial charge in [0, 0.05) is 19.8 Å². The van der Waals surface area contributed by atoms with Crippen LogP contribution in [0.15, 0.2) is 30.6 Å². The van der Waals surface area contributed by atoms with E-state index in [0.29, 0.717) is 11.3 Å². The van der Waals surface area contributed by atoms with E-state index in [1.165, 1.54) is 15.6 Å². The number of aryl methyl sites for hydroxylation is 1. The van der Waals surface area contributed by atoms with Crippen LogP contribution < -0.4 is 5.32 Å². The van der Waals surface area contributed by atoms with E-state index in [0.717, 1.165) is 5.56 Å². The fourth-order valence-electron chi connectivity index (χ4n) is 2.15. The Kier molecular flexibility index (Phi) is 5.33. The summed E-state index contributed by atoms with van der Waals surface area (Å²) >= 11 is 0. The summed E-state index contributed by atoms with van der Waals surface area (Å²) < 4.78 is 15.8. The molecule has 0 aliphatic rings. The molecule has 23 heavy (non-hydrogen) atoms. The Labute approximate surface area is 134 Å². The smallest absolute Gasteiger partial charge is 0.317 e. The van der Waals surface area contributed by atoms with E-state index in [9.17, 15) is 9.18 Å². The monoisotopic (exact) mass is 320 g/mol. The van der Waals surface area contributed by atoms with Gasteiger partial charge in [0.25, 0.3) is 0 Å². The standard InChI is InChI=1S/C16H21FN4O2/c1-11-9-18-21(10-11)15-5-4-13(8-14(15)17)12(2)19-16(23)20(3)6-7-22/h4-5,8-10,12,22H,6-7H2,1-3H3,(H,19,23). The van der Waals surface area contributed by atoms with Crippen LogP contribution in [0.1, 0.15) is 24.1 Å². The van der Waals surface area contributed by atoms with Crippen molar-refractivity contribution in [3.8, 4) is 5.69 Å². The number of nitrogens with zero attached hydrogens (tertiary/aromatic N) is 3. The van der Waals surface area contributed by atoms with Crippen molar-refractivity contribution in [2.75, 3.05) is 20.2 Å². The largest absolute Gasteiger partial charge is 0.395 e. The van der Waals surface area contributed by atoms with Crippen molar-refractivity contribution in [1.82, 2.24) is 20.0 Å². The third kappa shape index (κ3) is 4.07. The lowest BCUT2D eigenvalue weighted by molar-refractivity contribution is 0.188. The van der Waals surface area contributed by atoms with Crippen molar-refractivity contribution >= 4 is 6.03 Å². The Morgan fingerprint density at radius 1 is 1.52 bits per heavy atom. The first-order valence-corrected chi connectivity index (χ1v) is 7.36. The van der Waals surface area contributed by atoms with Crippen LogP contribution >= 0.6 is 0 Å². The lowest BCUT2D eigenvalue weighted by atomic mass is 10.1. The molecule has 1 heterocycles. The van der Waals surface area contributed by atoms with Gasteiger partial charge >= 0.3 is 6.03 Å². The van der Waals surface area contributed by atoms with E-state index in [-0.39, 0.29) is 25.2 Å². The molecular weight excluding hydrogens is 299 g/mol. The van der Waals surface area contributed by atoms with Crippen LogP contribution in [-0.2, 0) is 0 Å². The van der Waals surface area contributed by atoms with Gasteiger partial charge in [-0.3, -0.25) is 0 Å². The molecule has 1 atom stereocenters. The molecule has 2 N–H and O–H groups in total. The average Bonchev–Trinajstić information content (AvgIpc) is 2.93. The molecule has 1 aromatic carbocycles. The Balaban J connectivity index is 2.12. The average molecular weight is 320 g/mol. The zero-order chi connectivity index (χ0) is 17.0. The van der Waals surface area contributed by atoms with Crippen LogP contribution in [0.3, 0.4) is 0 Å². The summed E-state index contributed by atoms with van der Waals surface area (Å²) in [6.07, 6.45) is 3.40. The number of benzene rings is 1. The highest BCUT2D eigenvalue weighted by atomic mass is 19.1. The third-order valence-electron chi connectivity index (χ3n) is 3.55. The number of aliphatic hydroxyl groups excluding tert-OH is 1. The second-order valence-corrected chi connectivity index (χ2v) is 5.49. The van der Waals surface area contributed by atoms with Gasteiger partial charge < -0.3 is 15.3 Å². The Hall–Kier alpha value is -2.41. The number of carbonyl (C=O) groups is 1. The molecule has 124 valence electrons. The molecule has 2 rings (SSSR count). The zero-order valence-electron chi connectivity index (χ0n) is 13.5. The first-order chi connectivity index (χ1) is 10.9. The summed E-state index contributed by atoms with van der Waals surface area (Å²) in [5, 5.41) is 15.7. The molecule has 0 aliphatic heterocycles. The molecule has 0 spiro atoms. The number of carbonyl (C=O) groups excluding carboxylic acids is 1. The quantitative estimate of drug-likeness (QED) is 0.885. The number of hydrogen-bond donors (Lipinski definition) is 2. The minimum Gasteiger partial charge on any atom is -0.395 e. The SMILES string of the molecule is Cc1cnn(-c2ccc(C(C)NC(=O)N(C)CCO)cc2F)c1. The van der Waals surface area contributed by atoms with Gasteiger partial charge in [0.2, 0.25) is 0 Å². The van der Waals surface area contributed by atoms with E-state index in [1.807, 2.05) is 6.92 Å². The number of hydrogen-bond acceptors (Lipinski definition) is 3. The van der Waals surface area contributed by atoms with Gasteiger partial charge in [-0.2, -0.15) is 5.10 Å². The predicted molar refractivity (Wildman–Crippen MR) is 84.9 cm³/mol. The van der Waals surface area contributed by atoms with Crippen molar-refractivity contribution in [1.29, 1.82) is 0 Å². The lowest BCUT2D eigenvalue weighted by Gasteiger charge is -2.21. The van der Waals surface area contributed by atoms with Crippen LogP contribution in [0.5, 0.6) is 0 Å². The molecule has 1 unspecified atom stereocenters. The number of likely N-dealkylation sites (N-methyl/N-ethyl adjacent to an activating group) is 1. The second-order valence-electron chi connectivity index (χ2n) is 5.49. The Morgan fingerprint density at radius 2 is 2.26 bits per heavy atom. The molecule has 1 aromatic heterocycles. The lowest BCUT2D eigenvalue weighted by Crippen LogP contribution is -2.39. The highest BCUT2D eigenvalue weighted by Gasteiger charge is 2.15. The van der Waals surface area contributed by atoms with Gasteiger partial charge in [0.05, 0.1) is 18.8 Å². The molecule has 0 saturated carbocycles. The fourth-order valence-corrected chi connectivity index (χ4v) is 2.15. The minimum absolute atomic E-state index is 0.106.